The van der Waals surface area contributed by atoms with Crippen molar-refractivity contribution in [2.24, 2.45) is 4.99 Å². The molecule has 2 aliphatic rings. The van der Waals surface area contributed by atoms with Crippen molar-refractivity contribution in [2.45, 2.75) is 32.0 Å². The van der Waals surface area contributed by atoms with Gasteiger partial charge in [-0.3, -0.25) is 24.8 Å². The van der Waals surface area contributed by atoms with Crippen LogP contribution in [0.2, 0.25) is 5.02 Å². The van der Waals surface area contributed by atoms with E-state index < -0.39 is 23.0 Å². The topological polar surface area (TPSA) is 143 Å². The Hall–Kier alpha value is -4.45. The number of aliphatic imine (C=N–C) groups is 1. The summed E-state index contributed by atoms with van der Waals surface area (Å²) in [6.45, 7) is 4.07. The first kappa shape index (κ1) is 26.2. The lowest BCUT2D eigenvalue weighted by Crippen LogP contribution is -2.55. The molecule has 3 amide bonds. The number of carbonyl (C=O) groups is 2. The van der Waals surface area contributed by atoms with Gasteiger partial charge in [-0.05, 0) is 37.6 Å². The molecule has 3 aromatic rings. The molecule has 39 heavy (non-hydrogen) atoms. The van der Waals surface area contributed by atoms with Crippen molar-refractivity contribution in [1.82, 2.24) is 20.1 Å². The smallest absolute Gasteiger partial charge is 0.326 e. The molecule has 2 aliphatic heterocycles. The lowest BCUT2D eigenvalue weighted by atomic mass is 9.97. The van der Waals surface area contributed by atoms with Crippen LogP contribution in [0.25, 0.3) is 0 Å². The molecule has 0 aliphatic carbocycles. The zero-order valence-corrected chi connectivity index (χ0v) is 21.9. The molecule has 202 valence electrons. The number of aromatic nitrogens is 1. The predicted octanol–water partition coefficient (Wildman–Crippen LogP) is 4.12. The SMILES string of the molecule is CC(C)Oc1cc([N+](=O)[O-])ccc1C1=NC(c2cocn2)C(c2ccc(Cl)cc2)N1C(=O)N1CCNC(=O)C1. The standard InChI is InChI=1S/C26H25ClN6O6/c1-15(2)39-21-11-18(33(36)37)7-8-19(21)25-30-23(20-13-38-14-29-20)24(16-3-5-17(27)6-4-16)32(25)26(35)31-10-9-28-22(34)12-31/h3-8,11,13-15,23-24H,9-10,12H2,1-2H3,(H,28,34). The molecule has 2 unspecified atom stereocenters. The summed E-state index contributed by atoms with van der Waals surface area (Å²) >= 11 is 6.16. The maximum absolute atomic E-state index is 14.2. The monoisotopic (exact) mass is 552 g/mol. The van der Waals surface area contributed by atoms with Gasteiger partial charge in [-0.15, -0.1) is 0 Å². The molecule has 1 aromatic heterocycles. The third-order valence-electron chi connectivity index (χ3n) is 6.33. The Morgan fingerprint density at radius 1 is 1.26 bits per heavy atom. The average Bonchev–Trinajstić information content (AvgIpc) is 3.57. The third-order valence-corrected chi connectivity index (χ3v) is 6.58. The number of halogens is 1. The van der Waals surface area contributed by atoms with Crippen molar-refractivity contribution in [2.75, 3.05) is 19.6 Å². The Balaban J connectivity index is 1.70. The third kappa shape index (κ3) is 5.28. The van der Waals surface area contributed by atoms with Gasteiger partial charge in [0.2, 0.25) is 5.91 Å². The van der Waals surface area contributed by atoms with Gasteiger partial charge in [-0.2, -0.15) is 0 Å². The number of hydrogen-bond donors (Lipinski definition) is 1. The number of amidine groups is 1. The van der Waals surface area contributed by atoms with Crippen LogP contribution in [0.15, 0.2) is 64.5 Å². The van der Waals surface area contributed by atoms with E-state index >= 15 is 0 Å². The van der Waals surface area contributed by atoms with E-state index in [4.69, 9.17) is 25.7 Å². The Morgan fingerprint density at radius 3 is 2.67 bits per heavy atom. The summed E-state index contributed by atoms with van der Waals surface area (Å²) in [5, 5.41) is 14.8. The van der Waals surface area contributed by atoms with Crippen LogP contribution in [0.5, 0.6) is 5.75 Å². The maximum atomic E-state index is 14.2. The molecule has 0 saturated carbocycles. The maximum Gasteiger partial charge on any atom is 0.326 e. The van der Waals surface area contributed by atoms with Gasteiger partial charge in [-0.25, -0.2) is 9.78 Å². The summed E-state index contributed by atoms with van der Waals surface area (Å²) in [6, 6.07) is 9.34. The minimum absolute atomic E-state index is 0.125. The van der Waals surface area contributed by atoms with Crippen LogP contribution in [-0.4, -0.2) is 63.2 Å². The van der Waals surface area contributed by atoms with Gasteiger partial charge in [0.1, 0.15) is 36.1 Å². The average molecular weight is 553 g/mol. The van der Waals surface area contributed by atoms with Gasteiger partial charge in [0.05, 0.1) is 28.7 Å². The zero-order valence-electron chi connectivity index (χ0n) is 21.1. The molecule has 0 spiro atoms. The number of oxazole rings is 1. The fourth-order valence-corrected chi connectivity index (χ4v) is 4.77. The van der Waals surface area contributed by atoms with Crippen LogP contribution in [-0.2, 0) is 4.79 Å². The molecular formula is C26H25ClN6O6. The van der Waals surface area contributed by atoms with Crippen molar-refractivity contribution in [3.05, 3.63) is 87.1 Å². The van der Waals surface area contributed by atoms with Gasteiger partial charge in [0.15, 0.2) is 6.39 Å². The quantitative estimate of drug-likeness (QED) is 0.358. The van der Waals surface area contributed by atoms with Crippen molar-refractivity contribution in [3.8, 4) is 5.75 Å². The minimum atomic E-state index is -0.693. The number of carbonyl (C=O) groups excluding carboxylic acids is 2. The molecule has 0 radical (unpaired) electrons. The second kappa shape index (κ2) is 10.7. The fourth-order valence-electron chi connectivity index (χ4n) is 4.65. The number of ether oxygens (including phenoxy) is 1. The number of nitro groups is 1. The Morgan fingerprint density at radius 2 is 2.03 bits per heavy atom. The number of nitro benzene ring substituents is 1. The number of hydrogen-bond acceptors (Lipinski definition) is 8. The highest BCUT2D eigenvalue weighted by Gasteiger charge is 2.46. The van der Waals surface area contributed by atoms with E-state index in [-0.39, 0.29) is 35.8 Å². The predicted molar refractivity (Wildman–Crippen MR) is 141 cm³/mol. The number of nitrogens with one attached hydrogen (secondary N) is 1. The molecule has 0 bridgehead atoms. The summed E-state index contributed by atoms with van der Waals surface area (Å²) in [5.74, 6) is 0.148. The van der Waals surface area contributed by atoms with E-state index in [0.29, 0.717) is 34.9 Å². The van der Waals surface area contributed by atoms with E-state index in [1.165, 1.54) is 40.7 Å². The minimum Gasteiger partial charge on any atom is -0.490 e. The molecule has 1 fully saturated rings. The number of rotatable bonds is 6. The van der Waals surface area contributed by atoms with Crippen LogP contribution < -0.4 is 10.1 Å². The lowest BCUT2D eigenvalue weighted by molar-refractivity contribution is -0.384. The Bertz CT molecular complexity index is 1430. The lowest BCUT2D eigenvalue weighted by Gasteiger charge is -2.35. The molecule has 5 rings (SSSR count). The zero-order chi connectivity index (χ0) is 27.7. The highest BCUT2D eigenvalue weighted by Crippen LogP contribution is 2.45. The van der Waals surface area contributed by atoms with Crippen molar-refractivity contribution < 1.29 is 23.7 Å². The molecule has 13 heteroatoms. The van der Waals surface area contributed by atoms with E-state index in [1.807, 2.05) is 0 Å². The van der Waals surface area contributed by atoms with Gasteiger partial charge in [0.25, 0.3) is 5.69 Å². The molecule has 2 atom stereocenters. The van der Waals surface area contributed by atoms with Crippen molar-refractivity contribution >= 4 is 35.1 Å². The summed E-state index contributed by atoms with van der Waals surface area (Å²) in [7, 11) is 0. The molecule has 3 heterocycles. The van der Waals surface area contributed by atoms with Crippen LogP contribution in [0.4, 0.5) is 10.5 Å². The first-order chi connectivity index (χ1) is 18.7. The molecule has 1 saturated heterocycles. The molecule has 12 nitrogen and oxygen atoms in total. The summed E-state index contributed by atoms with van der Waals surface area (Å²) < 4.78 is 11.2. The molecule has 1 N–H and O–H groups in total. The van der Waals surface area contributed by atoms with E-state index in [9.17, 15) is 19.7 Å². The molecule has 2 aromatic carbocycles. The highest BCUT2D eigenvalue weighted by molar-refractivity contribution is 6.30. The number of amides is 3. The Kier molecular flexibility index (Phi) is 7.20. The van der Waals surface area contributed by atoms with Crippen molar-refractivity contribution in [1.29, 1.82) is 0 Å². The van der Waals surface area contributed by atoms with Crippen molar-refractivity contribution in [3.63, 3.8) is 0 Å². The fraction of sp³-hybridized carbons (Fsp3) is 0.308. The van der Waals surface area contributed by atoms with Crippen LogP contribution >= 0.6 is 11.6 Å². The Labute approximate surface area is 228 Å². The van der Waals surface area contributed by atoms with Crippen LogP contribution in [0.1, 0.15) is 42.8 Å². The number of benzene rings is 2. The first-order valence-corrected chi connectivity index (χ1v) is 12.6. The van der Waals surface area contributed by atoms with Gasteiger partial charge >= 0.3 is 6.03 Å². The molecular weight excluding hydrogens is 528 g/mol. The van der Waals surface area contributed by atoms with E-state index in [0.717, 1.165) is 0 Å². The van der Waals surface area contributed by atoms with Crippen LogP contribution in [0.3, 0.4) is 0 Å². The van der Waals surface area contributed by atoms with E-state index in [2.05, 4.69) is 10.3 Å². The second-order valence-corrected chi connectivity index (χ2v) is 9.77. The normalized spacial score (nSPS) is 19.2. The first-order valence-electron chi connectivity index (χ1n) is 12.2. The van der Waals surface area contributed by atoms with Gasteiger partial charge in [0, 0.05) is 24.2 Å². The van der Waals surface area contributed by atoms with Crippen LogP contribution in [0, 0.1) is 10.1 Å². The number of piperazine rings is 1. The van der Waals surface area contributed by atoms with E-state index in [1.54, 1.807) is 38.1 Å². The summed E-state index contributed by atoms with van der Waals surface area (Å²) in [5.41, 5.74) is 1.41. The number of non-ortho nitro benzene ring substituents is 1. The summed E-state index contributed by atoms with van der Waals surface area (Å²) in [4.78, 5) is 49.6. The number of urea groups is 1. The largest absolute Gasteiger partial charge is 0.490 e. The van der Waals surface area contributed by atoms with Gasteiger partial charge in [-0.1, -0.05) is 23.7 Å². The second-order valence-electron chi connectivity index (χ2n) is 9.34. The summed E-state index contributed by atoms with van der Waals surface area (Å²) in [6.07, 6.45) is 2.42. The number of nitrogens with zero attached hydrogens (tertiary/aromatic N) is 5. The highest BCUT2D eigenvalue weighted by atomic mass is 35.5. The van der Waals surface area contributed by atoms with Gasteiger partial charge < -0.3 is 19.4 Å².